The van der Waals surface area contributed by atoms with Gasteiger partial charge in [-0.3, -0.25) is 4.79 Å². The summed E-state index contributed by atoms with van der Waals surface area (Å²) in [5, 5.41) is 8.27. The molecule has 2 aromatic carbocycles. The summed E-state index contributed by atoms with van der Waals surface area (Å²) >= 11 is 0. The Bertz CT molecular complexity index is 1530. The van der Waals surface area contributed by atoms with Crippen LogP contribution in [0.5, 0.6) is 0 Å². The molecule has 0 radical (unpaired) electrons. The Kier molecular flexibility index (Phi) is 6.64. The Morgan fingerprint density at radius 3 is 2.49 bits per heavy atom. The molecule has 41 heavy (non-hydrogen) atoms. The first-order valence-corrected chi connectivity index (χ1v) is 15.9. The average Bonchev–Trinajstić information content (AvgIpc) is 3.35. The van der Waals surface area contributed by atoms with Gasteiger partial charge < -0.3 is 10.1 Å². The molecule has 3 fully saturated rings. The summed E-state index contributed by atoms with van der Waals surface area (Å²) in [6, 6.07) is 14.1. The van der Waals surface area contributed by atoms with E-state index in [2.05, 4.69) is 102 Å². The van der Waals surface area contributed by atoms with Gasteiger partial charge in [0.15, 0.2) is 0 Å². The molecule has 6 unspecified atom stereocenters. The fourth-order valence-corrected chi connectivity index (χ4v) is 10.5. The largest absolute Gasteiger partial charge is 0.483 e. The van der Waals surface area contributed by atoms with Crippen LogP contribution >= 0.6 is 0 Å². The molecule has 7 atom stereocenters. The van der Waals surface area contributed by atoms with Crippen molar-refractivity contribution in [2.24, 2.45) is 28.1 Å². The normalized spacial score (nSPS) is 37.4. The van der Waals surface area contributed by atoms with E-state index in [1.807, 2.05) is 0 Å². The number of carbonyl (C=O) groups is 1. The van der Waals surface area contributed by atoms with Crippen LogP contribution in [0.1, 0.15) is 113 Å². The average molecular weight is 552 g/mol. The second-order valence-electron chi connectivity index (χ2n) is 15.2. The van der Waals surface area contributed by atoms with Gasteiger partial charge in [0.2, 0.25) is 0 Å². The van der Waals surface area contributed by atoms with E-state index < -0.39 is 0 Å². The predicted octanol–water partition coefficient (Wildman–Crippen LogP) is 9.86. The van der Waals surface area contributed by atoms with Crippen molar-refractivity contribution >= 4 is 17.4 Å². The molecule has 4 aliphatic rings. The quantitative estimate of drug-likeness (QED) is 0.234. The zero-order chi connectivity index (χ0) is 29.4. The summed E-state index contributed by atoms with van der Waals surface area (Å²) in [6.07, 6.45) is 14.8. The monoisotopic (exact) mass is 551 g/mol. The first-order chi connectivity index (χ1) is 19.4. The van der Waals surface area contributed by atoms with Gasteiger partial charge in [-0.2, -0.15) is 0 Å². The van der Waals surface area contributed by atoms with Gasteiger partial charge in [-0.15, -0.1) is 0 Å². The standard InChI is InChI=1S/C37H47N.CH2O2/c1-23-11-12-26-28(22-38-30(26)19-23)27-21-32-35(5,29-10-8-9-25(3)33(27)29)16-18-36(6)31-20-24(2)13-14-34(31,4)15-17-37(32,36)7;2-1-3/h8-12,19,21-22,24,27,31,38H,13-18,20H2,1-7H3;1H,(H,2,3)/t24?,27?,31?,34?,35?,36-,37?;/m0./s1. The zero-order valence-corrected chi connectivity index (χ0v) is 26.2. The Hall–Kier alpha value is -2.81. The molecule has 1 aromatic heterocycles. The van der Waals surface area contributed by atoms with Crippen LogP contribution in [-0.2, 0) is 10.2 Å². The van der Waals surface area contributed by atoms with Crippen molar-refractivity contribution in [3.8, 4) is 0 Å². The second kappa shape index (κ2) is 9.61. The van der Waals surface area contributed by atoms with Gasteiger partial charge in [-0.05, 0) is 114 Å². The lowest BCUT2D eigenvalue weighted by Gasteiger charge is -2.69. The van der Waals surface area contributed by atoms with E-state index in [-0.39, 0.29) is 17.3 Å². The summed E-state index contributed by atoms with van der Waals surface area (Å²) in [5.74, 6) is 2.01. The number of benzene rings is 2. The van der Waals surface area contributed by atoms with E-state index in [9.17, 15) is 0 Å². The van der Waals surface area contributed by atoms with E-state index in [0.29, 0.717) is 16.7 Å². The van der Waals surface area contributed by atoms with Crippen molar-refractivity contribution in [1.82, 2.24) is 4.98 Å². The van der Waals surface area contributed by atoms with Crippen LogP contribution in [-0.4, -0.2) is 16.6 Å². The molecule has 2 N–H and O–H groups in total. The van der Waals surface area contributed by atoms with E-state index in [1.165, 1.54) is 72.5 Å². The molecule has 3 saturated carbocycles. The summed E-state index contributed by atoms with van der Waals surface area (Å²) in [7, 11) is 0. The van der Waals surface area contributed by atoms with Crippen molar-refractivity contribution in [2.75, 3.05) is 0 Å². The second-order valence-corrected chi connectivity index (χ2v) is 15.2. The van der Waals surface area contributed by atoms with E-state index in [1.54, 1.807) is 16.7 Å². The number of aromatic amines is 1. The van der Waals surface area contributed by atoms with E-state index in [0.717, 1.165) is 11.8 Å². The molecule has 0 saturated heterocycles. The molecule has 3 aromatic rings. The number of fused-ring (bicyclic) bond motifs is 8. The Balaban J connectivity index is 0.000000967. The van der Waals surface area contributed by atoms with Gasteiger partial charge in [0.05, 0.1) is 0 Å². The lowest BCUT2D eigenvalue weighted by Crippen LogP contribution is -2.61. The van der Waals surface area contributed by atoms with Crippen molar-refractivity contribution in [2.45, 2.75) is 105 Å². The third-order valence-corrected chi connectivity index (χ3v) is 13.0. The minimum atomic E-state index is -0.250. The third kappa shape index (κ3) is 3.93. The summed E-state index contributed by atoms with van der Waals surface area (Å²) in [6.45, 7) is 17.5. The van der Waals surface area contributed by atoms with E-state index >= 15 is 0 Å². The van der Waals surface area contributed by atoms with Gasteiger partial charge in [0.1, 0.15) is 0 Å². The van der Waals surface area contributed by atoms with Gasteiger partial charge >= 0.3 is 0 Å². The minimum absolute atomic E-state index is 0.128. The van der Waals surface area contributed by atoms with E-state index in [4.69, 9.17) is 9.90 Å². The van der Waals surface area contributed by atoms with Gasteiger partial charge in [-0.25, -0.2) is 0 Å². The van der Waals surface area contributed by atoms with Crippen LogP contribution in [0.15, 0.2) is 54.2 Å². The molecule has 0 amide bonds. The van der Waals surface area contributed by atoms with Crippen LogP contribution in [0, 0.1) is 41.9 Å². The first kappa shape index (κ1) is 28.3. The van der Waals surface area contributed by atoms with Crippen molar-refractivity contribution in [3.63, 3.8) is 0 Å². The number of hydrogen-bond acceptors (Lipinski definition) is 1. The fourth-order valence-electron chi connectivity index (χ4n) is 10.5. The number of aryl methyl sites for hydroxylation is 2. The van der Waals surface area contributed by atoms with Crippen molar-refractivity contribution in [1.29, 1.82) is 0 Å². The van der Waals surface area contributed by atoms with Crippen LogP contribution in [0.25, 0.3) is 10.9 Å². The fraction of sp³-hybridized carbons (Fsp3) is 0.553. The molecule has 0 spiro atoms. The van der Waals surface area contributed by atoms with Crippen molar-refractivity contribution < 1.29 is 9.90 Å². The Morgan fingerprint density at radius 1 is 0.976 bits per heavy atom. The number of hydrogen-bond donors (Lipinski definition) is 2. The lowest BCUT2D eigenvalue weighted by molar-refractivity contribution is -0.145. The predicted molar refractivity (Wildman–Crippen MR) is 169 cm³/mol. The highest BCUT2D eigenvalue weighted by molar-refractivity contribution is 5.85. The molecular formula is C38H49NO2. The molecule has 1 heterocycles. The first-order valence-electron chi connectivity index (χ1n) is 15.9. The van der Waals surface area contributed by atoms with Crippen molar-refractivity contribution in [3.05, 3.63) is 82.1 Å². The zero-order valence-electron chi connectivity index (χ0n) is 26.2. The van der Waals surface area contributed by atoms with Gasteiger partial charge in [0, 0.05) is 28.4 Å². The minimum Gasteiger partial charge on any atom is -0.483 e. The third-order valence-electron chi connectivity index (χ3n) is 13.0. The molecule has 0 aliphatic heterocycles. The number of aromatic nitrogens is 1. The molecule has 0 bridgehead atoms. The highest BCUT2D eigenvalue weighted by atomic mass is 16.3. The van der Waals surface area contributed by atoms with Gasteiger partial charge in [0.25, 0.3) is 6.47 Å². The molecule has 3 heteroatoms. The van der Waals surface area contributed by atoms with Crippen LogP contribution in [0.4, 0.5) is 0 Å². The number of nitrogens with one attached hydrogen (secondary N) is 1. The number of carboxylic acid groups (broad SMARTS) is 1. The summed E-state index contributed by atoms with van der Waals surface area (Å²) in [4.78, 5) is 12.0. The Labute approximate surface area is 246 Å². The summed E-state index contributed by atoms with van der Waals surface area (Å²) in [5.41, 5.74) is 11.7. The SMILES string of the molecule is Cc1ccc2c(C3C=C4C(C)(CC[C@@]5(C)C6CC(C)CCC6(C)CCC45C)c4cccc(C)c43)c[nH]c2c1.O=CO. The molecule has 4 aliphatic carbocycles. The smallest absolute Gasteiger partial charge is 0.290 e. The topological polar surface area (TPSA) is 53.1 Å². The number of H-pyrrole nitrogens is 1. The summed E-state index contributed by atoms with van der Waals surface area (Å²) < 4.78 is 0. The molecule has 218 valence electrons. The van der Waals surface area contributed by atoms with Crippen LogP contribution < -0.4 is 0 Å². The van der Waals surface area contributed by atoms with Gasteiger partial charge in [-0.1, -0.05) is 83.0 Å². The van der Waals surface area contributed by atoms with Crippen LogP contribution in [0.2, 0.25) is 0 Å². The Morgan fingerprint density at radius 2 is 1.73 bits per heavy atom. The molecule has 7 rings (SSSR count). The maximum Gasteiger partial charge on any atom is 0.290 e. The maximum atomic E-state index is 8.36. The maximum absolute atomic E-state index is 8.36. The number of allylic oxidation sites excluding steroid dienone is 2. The van der Waals surface area contributed by atoms with Crippen LogP contribution in [0.3, 0.4) is 0 Å². The highest BCUT2D eigenvalue weighted by Crippen LogP contribution is 2.74. The highest BCUT2D eigenvalue weighted by Gasteiger charge is 2.65. The lowest BCUT2D eigenvalue weighted by atomic mass is 9.35. The molecular weight excluding hydrogens is 502 g/mol. The molecule has 3 nitrogen and oxygen atoms in total. The number of rotatable bonds is 1.